The van der Waals surface area contributed by atoms with Crippen LogP contribution >= 0.6 is 0 Å². The van der Waals surface area contributed by atoms with E-state index in [2.05, 4.69) is 39.3 Å². The zero-order valence-electron chi connectivity index (χ0n) is 25.7. The van der Waals surface area contributed by atoms with Gasteiger partial charge in [0, 0.05) is 0 Å². The highest BCUT2D eigenvalue weighted by molar-refractivity contribution is 6.87. The molecule has 0 N–H and O–H groups in total. The van der Waals surface area contributed by atoms with Gasteiger partial charge in [0.25, 0.3) is 0 Å². The molecular formula is C27H54O8Si2. The van der Waals surface area contributed by atoms with E-state index in [4.69, 9.17) is 18.9 Å². The highest BCUT2D eigenvalue weighted by atomic mass is 28.3. The zero-order chi connectivity index (χ0) is 29.6. The van der Waals surface area contributed by atoms with Crippen LogP contribution in [0.1, 0.15) is 54.9 Å². The number of ether oxygens (including phenoxy) is 4. The summed E-state index contributed by atoms with van der Waals surface area (Å²) in [6.07, 6.45) is 0.827. The quantitative estimate of drug-likeness (QED) is 0.145. The van der Waals surface area contributed by atoms with Crippen LogP contribution in [-0.4, -0.2) is 66.5 Å². The molecule has 0 aliphatic rings. The van der Waals surface area contributed by atoms with Crippen LogP contribution in [0, 0.1) is 17.8 Å². The Hall–Kier alpha value is -1.69. The lowest BCUT2D eigenvalue weighted by Crippen LogP contribution is -2.48. The summed E-state index contributed by atoms with van der Waals surface area (Å²) in [6.45, 7) is 26.8. The maximum absolute atomic E-state index is 12.4. The molecule has 0 rings (SSSR count). The lowest BCUT2D eigenvalue weighted by molar-refractivity contribution is -0.161. The molecule has 0 fully saturated rings. The molecular weight excluding hydrogens is 508 g/mol. The van der Waals surface area contributed by atoms with E-state index in [0.29, 0.717) is 26.4 Å². The molecule has 0 saturated carbocycles. The van der Waals surface area contributed by atoms with Crippen LogP contribution in [-0.2, 0) is 38.1 Å². The Morgan fingerprint density at radius 1 is 0.541 bits per heavy atom. The summed E-state index contributed by atoms with van der Waals surface area (Å²) in [4.78, 5) is 48.4. The van der Waals surface area contributed by atoms with Crippen molar-refractivity contribution in [1.82, 2.24) is 0 Å². The minimum atomic E-state index is -1.89. The van der Waals surface area contributed by atoms with E-state index in [-0.39, 0.29) is 40.9 Å². The number of carbonyl (C=O) groups is 4. The first-order valence-corrected chi connectivity index (χ1v) is 20.8. The van der Waals surface area contributed by atoms with Crippen LogP contribution in [0.5, 0.6) is 0 Å². The molecule has 0 bridgehead atoms. The highest BCUT2D eigenvalue weighted by Gasteiger charge is 2.50. The van der Waals surface area contributed by atoms with Gasteiger partial charge in [-0.25, -0.2) is 0 Å². The van der Waals surface area contributed by atoms with Gasteiger partial charge in [0.2, 0.25) is 0 Å². The van der Waals surface area contributed by atoms with Gasteiger partial charge in [0.1, 0.15) is 0 Å². The Kier molecular flexibility index (Phi) is 18.0. The van der Waals surface area contributed by atoms with Gasteiger partial charge in [0.05, 0.1) is 65.5 Å². The van der Waals surface area contributed by atoms with E-state index in [9.17, 15) is 19.2 Å². The lowest BCUT2D eigenvalue weighted by Gasteiger charge is -2.38. The molecule has 0 spiro atoms. The maximum atomic E-state index is 12.4. The van der Waals surface area contributed by atoms with Gasteiger partial charge < -0.3 is 18.9 Å². The van der Waals surface area contributed by atoms with Crippen molar-refractivity contribution in [2.45, 2.75) is 105 Å². The monoisotopic (exact) mass is 562 g/mol. The van der Waals surface area contributed by atoms with Gasteiger partial charge in [-0.2, -0.15) is 0 Å². The molecule has 218 valence electrons. The number of esters is 4. The predicted molar refractivity (Wildman–Crippen MR) is 153 cm³/mol. The van der Waals surface area contributed by atoms with Gasteiger partial charge in [-0.15, -0.1) is 0 Å². The Bertz CT molecular complexity index is 678. The third kappa shape index (κ3) is 13.1. The van der Waals surface area contributed by atoms with Crippen LogP contribution < -0.4 is 0 Å². The van der Waals surface area contributed by atoms with E-state index in [1.54, 1.807) is 34.6 Å². The number of hydrogen-bond acceptors (Lipinski definition) is 8. The molecule has 0 heterocycles. The van der Waals surface area contributed by atoms with Crippen molar-refractivity contribution < 1.29 is 38.1 Å². The van der Waals surface area contributed by atoms with Crippen LogP contribution in [0.4, 0.5) is 0 Å². The van der Waals surface area contributed by atoms with Crippen molar-refractivity contribution in [3.8, 4) is 0 Å². The largest absolute Gasteiger partial charge is 0.466 e. The van der Waals surface area contributed by atoms with Gasteiger partial charge in [-0.3, -0.25) is 19.2 Å². The average molecular weight is 563 g/mol. The second-order valence-electron chi connectivity index (χ2n) is 11.4. The first-order valence-electron chi connectivity index (χ1n) is 13.6. The lowest BCUT2D eigenvalue weighted by atomic mass is 9.82. The number of hydrogen-bond donors (Lipinski definition) is 0. The summed E-state index contributed by atoms with van der Waals surface area (Å²) >= 11 is 0. The van der Waals surface area contributed by atoms with Crippen LogP contribution in [0.15, 0.2) is 0 Å². The zero-order valence-corrected chi connectivity index (χ0v) is 27.7. The van der Waals surface area contributed by atoms with E-state index < -0.39 is 28.0 Å². The van der Waals surface area contributed by atoms with Crippen LogP contribution in [0.3, 0.4) is 0 Å². The van der Waals surface area contributed by atoms with Crippen molar-refractivity contribution in [2.24, 2.45) is 17.8 Å². The van der Waals surface area contributed by atoms with E-state index in [0.717, 1.165) is 6.42 Å². The summed E-state index contributed by atoms with van der Waals surface area (Å²) in [6, 6.07) is 0. The summed E-state index contributed by atoms with van der Waals surface area (Å²) in [7, 11) is -3.78. The summed E-state index contributed by atoms with van der Waals surface area (Å²) < 4.78 is 20.5. The second kappa shape index (κ2) is 17.8. The molecule has 0 saturated heterocycles. The topological polar surface area (TPSA) is 105 Å². The molecule has 8 nitrogen and oxygen atoms in total. The first-order chi connectivity index (χ1) is 17.0. The Morgan fingerprint density at radius 3 is 1.11 bits per heavy atom. The van der Waals surface area contributed by atoms with Crippen molar-refractivity contribution in [3.05, 3.63) is 0 Å². The number of carbonyl (C=O) groups excluding carboxylic acids is 4. The van der Waals surface area contributed by atoms with Crippen LogP contribution in [0.25, 0.3) is 0 Å². The van der Waals surface area contributed by atoms with Crippen molar-refractivity contribution >= 4 is 40.0 Å². The Morgan fingerprint density at radius 2 is 0.838 bits per heavy atom. The minimum Gasteiger partial charge on any atom is -0.466 e. The van der Waals surface area contributed by atoms with Crippen LogP contribution in [0.2, 0.25) is 50.4 Å². The fourth-order valence-corrected chi connectivity index (χ4v) is 11.1. The second-order valence-corrected chi connectivity index (χ2v) is 22.1. The molecule has 0 aliphatic heterocycles. The Balaban J connectivity index is 0. The van der Waals surface area contributed by atoms with Gasteiger partial charge in [-0.1, -0.05) is 66.5 Å². The fraction of sp³-hybridized carbons (Fsp3) is 0.852. The third-order valence-corrected chi connectivity index (χ3v) is 11.5. The first kappa shape index (κ1) is 37.5. The summed E-state index contributed by atoms with van der Waals surface area (Å²) in [5.74, 6) is -1.86. The third-order valence-electron chi connectivity index (χ3n) is 6.29. The van der Waals surface area contributed by atoms with Crippen molar-refractivity contribution in [3.63, 3.8) is 0 Å². The molecule has 5 atom stereocenters. The molecule has 0 radical (unpaired) electrons. The molecule has 10 heteroatoms. The van der Waals surface area contributed by atoms with E-state index >= 15 is 0 Å². The smallest absolute Gasteiger partial charge is 0.310 e. The predicted octanol–water partition coefficient (Wildman–Crippen LogP) is 5.94. The minimum absolute atomic E-state index is 0.105. The molecule has 0 aromatic carbocycles. The Labute approximate surface area is 227 Å². The number of rotatable bonds is 14. The molecule has 0 aliphatic carbocycles. The summed E-state index contributed by atoms with van der Waals surface area (Å²) in [5.41, 5.74) is -0.652. The SMILES string of the molecule is CCOC(=O)C(C(C(=O)OCC)[Si](C)(C)C)[Si](C)(C)C.CCOC(=O)C(C)C(C(=O)OCC)C(C)CC. The van der Waals surface area contributed by atoms with E-state index in [1.807, 2.05) is 13.8 Å². The normalized spacial score (nSPS) is 15.6. The molecule has 37 heavy (non-hydrogen) atoms. The van der Waals surface area contributed by atoms with E-state index in [1.165, 1.54) is 0 Å². The average Bonchev–Trinajstić information content (AvgIpc) is 2.76. The molecule has 0 aromatic heterocycles. The maximum Gasteiger partial charge on any atom is 0.310 e. The molecule has 0 amide bonds. The highest BCUT2D eigenvalue weighted by Crippen LogP contribution is 2.42. The van der Waals surface area contributed by atoms with Gasteiger partial charge >= 0.3 is 23.9 Å². The van der Waals surface area contributed by atoms with Gasteiger partial charge in [0.15, 0.2) is 0 Å². The van der Waals surface area contributed by atoms with Crippen molar-refractivity contribution in [2.75, 3.05) is 26.4 Å². The standard InChI is InChI=1S/C14H30O4Si2.C13H24O4/c1-9-17-13(15)11(19(3,4)5)12(20(6,7)8)14(16)18-10-2;1-6-9(4)11(13(15)17-8-3)10(5)12(14)16-7-2/h11-12H,9-10H2,1-8H3;9-11H,6-8H2,1-5H3. The summed E-state index contributed by atoms with van der Waals surface area (Å²) in [5, 5.41) is 0. The molecule has 0 aromatic rings. The fourth-order valence-electron chi connectivity index (χ4n) is 4.29. The van der Waals surface area contributed by atoms with Crippen molar-refractivity contribution in [1.29, 1.82) is 0 Å². The molecule has 5 unspecified atom stereocenters. The van der Waals surface area contributed by atoms with Gasteiger partial charge in [-0.05, 0) is 33.6 Å².